The number of anilines is 1. The molecule has 3 N–H and O–H groups in total. The van der Waals surface area contributed by atoms with Crippen LogP contribution < -0.4 is 5.73 Å². The van der Waals surface area contributed by atoms with E-state index in [1.165, 1.54) is 0 Å². The van der Waals surface area contributed by atoms with Crippen molar-refractivity contribution >= 4 is 28.7 Å². The number of nitrogens with zero attached hydrogens (tertiary/aromatic N) is 7. The van der Waals surface area contributed by atoms with E-state index in [1.54, 1.807) is 16.9 Å². The van der Waals surface area contributed by atoms with E-state index in [-0.39, 0.29) is 12.1 Å². The van der Waals surface area contributed by atoms with Crippen molar-refractivity contribution in [2.24, 2.45) is 0 Å². The Morgan fingerprint density at radius 2 is 2.27 bits per heavy atom. The zero-order valence-corrected chi connectivity index (χ0v) is 16.6. The molecule has 1 atom stereocenters. The SMILES string of the molecule is Nc1nc(-c2cc(Cl)[nH]n2)c2nnn(Cc3ccc(COC4CCOC4)cn3)c2n1. The number of H-pyrrole nitrogens is 1. The van der Waals surface area contributed by atoms with Crippen molar-refractivity contribution in [3.05, 3.63) is 40.8 Å². The molecule has 1 saturated heterocycles. The number of pyridine rings is 1. The monoisotopic (exact) mass is 427 g/mol. The molecule has 12 heteroatoms. The lowest BCUT2D eigenvalue weighted by atomic mass is 10.2. The van der Waals surface area contributed by atoms with E-state index in [4.69, 9.17) is 26.8 Å². The molecule has 0 radical (unpaired) electrons. The molecular formula is C18H18ClN9O2. The maximum absolute atomic E-state index is 5.93. The number of nitrogens with two attached hydrogens (primary N) is 1. The van der Waals surface area contributed by atoms with Gasteiger partial charge in [0, 0.05) is 18.9 Å². The fraction of sp³-hybridized carbons (Fsp3) is 0.333. The average molecular weight is 428 g/mol. The summed E-state index contributed by atoms with van der Waals surface area (Å²) in [6.45, 7) is 2.30. The standard InChI is InChI=1S/C18H18ClN9O2/c19-14-5-13(24-25-14)15-16-17(23-18(20)22-15)28(27-26-16)7-11-2-1-10(6-21-11)8-30-12-3-4-29-9-12/h1-2,5-6,12H,3-4,7-9H2,(H,24,25)(H2,20,22,23). The molecule has 1 fully saturated rings. The van der Waals surface area contributed by atoms with Gasteiger partial charge in [-0.1, -0.05) is 22.9 Å². The Labute approximate surface area is 175 Å². The normalized spacial score (nSPS) is 16.5. The van der Waals surface area contributed by atoms with Gasteiger partial charge in [0.25, 0.3) is 0 Å². The smallest absolute Gasteiger partial charge is 0.222 e. The quantitative estimate of drug-likeness (QED) is 0.468. The Kier molecular flexibility index (Phi) is 4.99. The molecule has 1 aliphatic heterocycles. The zero-order valence-electron chi connectivity index (χ0n) is 15.8. The Balaban J connectivity index is 1.36. The van der Waals surface area contributed by atoms with E-state index >= 15 is 0 Å². The van der Waals surface area contributed by atoms with Crippen molar-refractivity contribution in [2.75, 3.05) is 18.9 Å². The molecule has 0 amide bonds. The van der Waals surface area contributed by atoms with E-state index < -0.39 is 0 Å². The molecule has 5 heterocycles. The van der Waals surface area contributed by atoms with Gasteiger partial charge >= 0.3 is 0 Å². The van der Waals surface area contributed by atoms with Crippen LogP contribution in [0.3, 0.4) is 0 Å². The predicted molar refractivity (Wildman–Crippen MR) is 107 cm³/mol. The van der Waals surface area contributed by atoms with Gasteiger partial charge in [0.05, 0.1) is 31.6 Å². The van der Waals surface area contributed by atoms with Gasteiger partial charge in [0.1, 0.15) is 16.5 Å². The van der Waals surface area contributed by atoms with Crippen LogP contribution in [0.25, 0.3) is 22.6 Å². The minimum atomic E-state index is 0.0940. The maximum atomic E-state index is 5.93. The van der Waals surface area contributed by atoms with E-state index in [1.807, 2.05) is 12.1 Å². The second-order valence-corrected chi connectivity index (χ2v) is 7.31. The van der Waals surface area contributed by atoms with Crippen LogP contribution >= 0.6 is 11.6 Å². The molecule has 4 aromatic heterocycles. The maximum Gasteiger partial charge on any atom is 0.222 e. The first-order valence-electron chi connectivity index (χ1n) is 9.37. The van der Waals surface area contributed by atoms with Crippen molar-refractivity contribution in [2.45, 2.75) is 25.7 Å². The molecule has 0 aromatic carbocycles. The molecular weight excluding hydrogens is 410 g/mol. The molecule has 0 spiro atoms. The molecule has 0 bridgehead atoms. The van der Waals surface area contributed by atoms with Crippen molar-refractivity contribution in [3.8, 4) is 11.4 Å². The lowest BCUT2D eigenvalue weighted by molar-refractivity contribution is 0.0316. The third kappa shape index (κ3) is 3.82. The summed E-state index contributed by atoms with van der Waals surface area (Å²) in [5.74, 6) is 0.0940. The number of halogens is 1. The highest BCUT2D eigenvalue weighted by molar-refractivity contribution is 6.29. The average Bonchev–Trinajstić information content (AvgIpc) is 3.49. The van der Waals surface area contributed by atoms with Crippen molar-refractivity contribution in [1.29, 1.82) is 0 Å². The van der Waals surface area contributed by atoms with E-state index in [0.29, 0.717) is 47.5 Å². The summed E-state index contributed by atoms with van der Waals surface area (Å²) in [7, 11) is 0. The van der Waals surface area contributed by atoms with Gasteiger partial charge < -0.3 is 15.2 Å². The fourth-order valence-corrected chi connectivity index (χ4v) is 3.37. The van der Waals surface area contributed by atoms with E-state index in [2.05, 4.69) is 35.5 Å². The molecule has 1 unspecified atom stereocenters. The van der Waals surface area contributed by atoms with E-state index in [9.17, 15) is 0 Å². The minimum absolute atomic E-state index is 0.0940. The summed E-state index contributed by atoms with van der Waals surface area (Å²) in [6.07, 6.45) is 2.89. The first-order chi connectivity index (χ1) is 14.7. The lowest BCUT2D eigenvalue weighted by Crippen LogP contribution is -2.12. The van der Waals surface area contributed by atoms with Gasteiger partial charge in [-0.05, 0) is 18.1 Å². The number of fused-ring (bicyclic) bond motifs is 1. The van der Waals surface area contributed by atoms with Gasteiger partial charge in [-0.3, -0.25) is 10.1 Å². The Morgan fingerprint density at radius 1 is 1.33 bits per heavy atom. The number of ether oxygens (including phenoxy) is 2. The predicted octanol–water partition coefficient (Wildman–Crippen LogP) is 1.60. The summed E-state index contributed by atoms with van der Waals surface area (Å²) in [4.78, 5) is 13.0. The molecule has 5 rings (SSSR count). The third-order valence-corrected chi connectivity index (χ3v) is 4.93. The number of nitrogens with one attached hydrogen (secondary N) is 1. The van der Waals surface area contributed by atoms with Crippen LogP contribution in [0.4, 0.5) is 5.95 Å². The van der Waals surface area contributed by atoms with Gasteiger partial charge in [0.15, 0.2) is 11.2 Å². The Morgan fingerprint density at radius 3 is 3.00 bits per heavy atom. The highest BCUT2D eigenvalue weighted by Gasteiger charge is 2.18. The second-order valence-electron chi connectivity index (χ2n) is 6.91. The molecule has 154 valence electrons. The first kappa shape index (κ1) is 18.9. The third-order valence-electron chi connectivity index (χ3n) is 4.74. The Bertz CT molecular complexity index is 1170. The number of nitrogen functional groups attached to an aromatic ring is 1. The number of aromatic nitrogens is 8. The molecule has 1 aliphatic rings. The largest absolute Gasteiger partial charge is 0.379 e. The van der Waals surface area contributed by atoms with Gasteiger partial charge in [0.2, 0.25) is 5.95 Å². The molecule has 30 heavy (non-hydrogen) atoms. The molecule has 0 saturated carbocycles. The highest BCUT2D eigenvalue weighted by Crippen LogP contribution is 2.25. The van der Waals surface area contributed by atoms with Crippen LogP contribution in [0.1, 0.15) is 17.7 Å². The second kappa shape index (κ2) is 7.94. The Hall–Kier alpha value is -3.15. The van der Waals surface area contributed by atoms with Crippen LogP contribution in [0.5, 0.6) is 0 Å². The summed E-state index contributed by atoms with van der Waals surface area (Å²) in [5, 5.41) is 15.6. The summed E-state index contributed by atoms with van der Waals surface area (Å²) in [6, 6.07) is 5.55. The van der Waals surface area contributed by atoms with E-state index in [0.717, 1.165) is 24.3 Å². The summed E-state index contributed by atoms with van der Waals surface area (Å²) < 4.78 is 12.8. The minimum Gasteiger partial charge on any atom is -0.379 e. The van der Waals surface area contributed by atoms with Gasteiger partial charge in [-0.2, -0.15) is 10.1 Å². The highest BCUT2D eigenvalue weighted by atomic mass is 35.5. The number of aromatic amines is 1. The number of hydrogen-bond acceptors (Lipinski definition) is 9. The van der Waals surface area contributed by atoms with Crippen molar-refractivity contribution < 1.29 is 9.47 Å². The van der Waals surface area contributed by atoms with Crippen LogP contribution in [-0.2, 0) is 22.6 Å². The summed E-state index contributed by atoms with van der Waals surface area (Å²) >= 11 is 5.93. The summed E-state index contributed by atoms with van der Waals surface area (Å²) in [5.41, 5.74) is 9.65. The topological polar surface area (TPSA) is 143 Å². The fourth-order valence-electron chi connectivity index (χ4n) is 3.22. The lowest BCUT2D eigenvalue weighted by Gasteiger charge is -2.10. The number of rotatable bonds is 6. The molecule has 11 nitrogen and oxygen atoms in total. The van der Waals surface area contributed by atoms with Crippen molar-refractivity contribution in [1.82, 2.24) is 40.1 Å². The van der Waals surface area contributed by atoms with Crippen LogP contribution in [0, 0.1) is 0 Å². The van der Waals surface area contributed by atoms with Crippen LogP contribution in [0.2, 0.25) is 5.15 Å². The van der Waals surface area contributed by atoms with Crippen LogP contribution in [-0.4, -0.2) is 59.5 Å². The van der Waals surface area contributed by atoms with Crippen molar-refractivity contribution in [3.63, 3.8) is 0 Å². The number of hydrogen-bond donors (Lipinski definition) is 2. The molecule has 4 aromatic rings. The van der Waals surface area contributed by atoms with Crippen LogP contribution in [0.15, 0.2) is 24.4 Å². The van der Waals surface area contributed by atoms with Gasteiger partial charge in [-0.25, -0.2) is 9.67 Å². The first-order valence-corrected chi connectivity index (χ1v) is 9.74. The molecule has 0 aliphatic carbocycles. The van der Waals surface area contributed by atoms with Gasteiger partial charge in [-0.15, -0.1) is 5.10 Å². The zero-order chi connectivity index (χ0) is 20.5.